The van der Waals surface area contributed by atoms with Crippen LogP contribution in [-0.4, -0.2) is 43.6 Å². The van der Waals surface area contributed by atoms with Crippen molar-refractivity contribution in [3.63, 3.8) is 0 Å². The van der Waals surface area contributed by atoms with Crippen molar-refractivity contribution in [2.75, 3.05) is 13.1 Å². The van der Waals surface area contributed by atoms with Crippen LogP contribution in [0.1, 0.15) is 30.0 Å². The number of fused-ring (bicyclic) bond motifs is 1. The normalized spacial score (nSPS) is 14.0. The minimum atomic E-state index is -0.722. The molecule has 0 unspecified atom stereocenters. The average Bonchev–Trinajstić information content (AvgIpc) is 3.14. The number of aromatic nitrogens is 3. The van der Waals surface area contributed by atoms with Crippen LogP contribution in [0.25, 0.3) is 5.69 Å². The first-order valence-corrected chi connectivity index (χ1v) is 10.6. The van der Waals surface area contributed by atoms with Crippen molar-refractivity contribution < 1.29 is 9.53 Å². The SMILES string of the molecule is Cc1cn(-c2ccc3n(c2=O)CCN(CC(C)(C)Oc2cccc(Cl)c2Cl)C3=O)cn1. The largest absolute Gasteiger partial charge is 0.484 e. The Morgan fingerprint density at radius 2 is 1.90 bits per heavy atom. The zero-order valence-electron chi connectivity index (χ0n) is 17.4. The fraction of sp³-hybridized carbons (Fsp3) is 0.318. The Bertz CT molecular complexity index is 1220. The molecule has 1 aliphatic heterocycles. The number of halogens is 2. The highest BCUT2D eigenvalue weighted by molar-refractivity contribution is 6.42. The Hall–Kier alpha value is -2.77. The molecule has 0 bridgehead atoms. The Morgan fingerprint density at radius 1 is 1.13 bits per heavy atom. The van der Waals surface area contributed by atoms with Gasteiger partial charge in [-0.2, -0.15) is 0 Å². The number of pyridine rings is 1. The number of imidazole rings is 1. The van der Waals surface area contributed by atoms with Gasteiger partial charge in [-0.1, -0.05) is 29.3 Å². The van der Waals surface area contributed by atoms with Crippen LogP contribution in [0.4, 0.5) is 0 Å². The zero-order chi connectivity index (χ0) is 22.3. The molecule has 3 heterocycles. The lowest BCUT2D eigenvalue weighted by Crippen LogP contribution is -2.51. The number of carbonyl (C=O) groups excluding carboxylic acids is 1. The molecule has 0 saturated carbocycles. The summed E-state index contributed by atoms with van der Waals surface area (Å²) in [6.07, 6.45) is 3.37. The summed E-state index contributed by atoms with van der Waals surface area (Å²) in [5.74, 6) is 0.242. The summed E-state index contributed by atoms with van der Waals surface area (Å²) in [5.41, 5.74) is 0.689. The van der Waals surface area contributed by atoms with Crippen LogP contribution >= 0.6 is 23.2 Å². The number of amides is 1. The van der Waals surface area contributed by atoms with E-state index >= 15 is 0 Å². The van der Waals surface area contributed by atoms with Crippen molar-refractivity contribution >= 4 is 29.1 Å². The number of hydrogen-bond donors (Lipinski definition) is 0. The second-order valence-electron chi connectivity index (χ2n) is 8.12. The fourth-order valence-electron chi connectivity index (χ4n) is 3.71. The van der Waals surface area contributed by atoms with Gasteiger partial charge in [0.1, 0.15) is 27.8 Å². The number of carbonyl (C=O) groups is 1. The second-order valence-corrected chi connectivity index (χ2v) is 8.91. The van der Waals surface area contributed by atoms with Gasteiger partial charge in [0.2, 0.25) is 0 Å². The van der Waals surface area contributed by atoms with E-state index in [0.29, 0.717) is 46.8 Å². The number of nitrogens with zero attached hydrogens (tertiary/aromatic N) is 4. The van der Waals surface area contributed by atoms with Crippen molar-refractivity contribution in [2.45, 2.75) is 32.9 Å². The Kier molecular flexibility index (Phi) is 5.58. The maximum Gasteiger partial charge on any atom is 0.275 e. The number of ether oxygens (including phenoxy) is 1. The van der Waals surface area contributed by atoms with Crippen LogP contribution in [0.2, 0.25) is 10.0 Å². The third-order valence-corrected chi connectivity index (χ3v) is 5.92. The second kappa shape index (κ2) is 8.05. The van der Waals surface area contributed by atoms with Crippen molar-refractivity contribution in [2.24, 2.45) is 0 Å². The first-order valence-electron chi connectivity index (χ1n) is 9.83. The third kappa shape index (κ3) is 4.20. The maximum atomic E-state index is 13.1. The van der Waals surface area contributed by atoms with Crippen LogP contribution in [-0.2, 0) is 6.54 Å². The number of benzene rings is 1. The van der Waals surface area contributed by atoms with Gasteiger partial charge in [0.15, 0.2) is 0 Å². The molecule has 0 N–H and O–H groups in total. The molecule has 1 aromatic carbocycles. The molecule has 1 amide bonds. The van der Waals surface area contributed by atoms with E-state index in [1.54, 1.807) is 52.3 Å². The van der Waals surface area contributed by atoms with Gasteiger partial charge in [-0.05, 0) is 45.0 Å². The summed E-state index contributed by atoms with van der Waals surface area (Å²) < 4.78 is 9.26. The van der Waals surface area contributed by atoms with E-state index in [1.807, 2.05) is 20.8 Å². The minimum Gasteiger partial charge on any atom is -0.484 e. The van der Waals surface area contributed by atoms with E-state index in [1.165, 1.54) is 4.57 Å². The molecule has 9 heteroatoms. The summed E-state index contributed by atoms with van der Waals surface area (Å²) in [7, 11) is 0. The molecule has 0 aliphatic carbocycles. The Balaban J connectivity index is 1.56. The van der Waals surface area contributed by atoms with E-state index < -0.39 is 5.60 Å². The van der Waals surface area contributed by atoms with Gasteiger partial charge < -0.3 is 18.8 Å². The summed E-state index contributed by atoms with van der Waals surface area (Å²) in [4.78, 5) is 31.9. The van der Waals surface area contributed by atoms with E-state index in [2.05, 4.69) is 4.98 Å². The van der Waals surface area contributed by atoms with E-state index in [9.17, 15) is 9.59 Å². The summed E-state index contributed by atoms with van der Waals surface area (Å²) >= 11 is 12.3. The molecule has 4 rings (SSSR count). The first kappa shape index (κ1) is 21.5. The van der Waals surface area contributed by atoms with E-state index in [0.717, 1.165) is 5.69 Å². The standard InChI is InChI=1S/C22H22Cl2N4O3/c1-14-11-27(13-25-14)16-7-8-17-20(29)26(9-10-28(17)21(16)30)12-22(2,3)31-18-6-4-5-15(23)19(18)24/h4-8,11,13H,9-10,12H2,1-3H3. The van der Waals surface area contributed by atoms with Crippen molar-refractivity contribution in [3.05, 3.63) is 74.6 Å². The van der Waals surface area contributed by atoms with Gasteiger partial charge in [-0.25, -0.2) is 4.98 Å². The predicted molar refractivity (Wildman–Crippen MR) is 120 cm³/mol. The molecule has 3 aromatic rings. The fourth-order valence-corrected chi connectivity index (χ4v) is 4.04. The van der Waals surface area contributed by atoms with Gasteiger partial charge >= 0.3 is 0 Å². The molecule has 0 atom stereocenters. The van der Waals surface area contributed by atoms with Crippen LogP contribution in [0.15, 0.2) is 47.7 Å². The van der Waals surface area contributed by atoms with Crippen LogP contribution in [0.5, 0.6) is 5.75 Å². The quantitative estimate of drug-likeness (QED) is 0.577. The predicted octanol–water partition coefficient (Wildman–Crippen LogP) is 3.96. The van der Waals surface area contributed by atoms with Gasteiger partial charge in [0.25, 0.3) is 11.5 Å². The van der Waals surface area contributed by atoms with Gasteiger partial charge in [-0.15, -0.1) is 0 Å². The highest BCUT2D eigenvalue weighted by Gasteiger charge is 2.32. The molecule has 2 aromatic heterocycles. The summed E-state index contributed by atoms with van der Waals surface area (Å²) in [6.45, 7) is 6.73. The number of aryl methyl sites for hydroxylation is 1. The van der Waals surface area contributed by atoms with Gasteiger partial charge in [-0.3, -0.25) is 9.59 Å². The van der Waals surface area contributed by atoms with Gasteiger partial charge in [0, 0.05) is 19.3 Å². The lowest BCUT2D eigenvalue weighted by atomic mass is 10.1. The molecule has 162 valence electrons. The monoisotopic (exact) mass is 460 g/mol. The molecule has 0 spiro atoms. The van der Waals surface area contributed by atoms with Crippen molar-refractivity contribution in [1.82, 2.24) is 19.0 Å². The van der Waals surface area contributed by atoms with Crippen molar-refractivity contribution in [3.8, 4) is 11.4 Å². The van der Waals surface area contributed by atoms with Crippen LogP contribution < -0.4 is 10.3 Å². The average molecular weight is 461 g/mol. The smallest absolute Gasteiger partial charge is 0.275 e. The van der Waals surface area contributed by atoms with Crippen molar-refractivity contribution in [1.29, 1.82) is 0 Å². The Morgan fingerprint density at radius 3 is 2.61 bits per heavy atom. The molecular formula is C22H22Cl2N4O3. The maximum absolute atomic E-state index is 13.1. The first-order chi connectivity index (χ1) is 14.7. The highest BCUT2D eigenvalue weighted by Crippen LogP contribution is 2.34. The molecule has 7 nitrogen and oxygen atoms in total. The number of hydrogen-bond acceptors (Lipinski definition) is 4. The van der Waals surface area contributed by atoms with Gasteiger partial charge in [0.05, 0.1) is 23.6 Å². The molecule has 1 aliphatic rings. The molecular weight excluding hydrogens is 439 g/mol. The van der Waals surface area contributed by atoms with Crippen LogP contribution in [0.3, 0.4) is 0 Å². The topological polar surface area (TPSA) is 69.4 Å². The molecule has 0 saturated heterocycles. The molecule has 0 fully saturated rings. The van der Waals surface area contributed by atoms with Crippen LogP contribution in [0, 0.1) is 6.92 Å². The molecule has 31 heavy (non-hydrogen) atoms. The lowest BCUT2D eigenvalue weighted by Gasteiger charge is -2.36. The summed E-state index contributed by atoms with van der Waals surface area (Å²) in [5, 5.41) is 0.739. The molecule has 0 radical (unpaired) electrons. The third-order valence-electron chi connectivity index (χ3n) is 5.12. The summed E-state index contributed by atoms with van der Waals surface area (Å²) in [6, 6.07) is 8.52. The van der Waals surface area contributed by atoms with E-state index in [-0.39, 0.29) is 11.5 Å². The Labute approximate surface area is 189 Å². The minimum absolute atomic E-state index is 0.217. The zero-order valence-corrected chi connectivity index (χ0v) is 18.9. The highest BCUT2D eigenvalue weighted by atomic mass is 35.5. The number of rotatable bonds is 5. The lowest BCUT2D eigenvalue weighted by molar-refractivity contribution is 0.0384. The van der Waals surface area contributed by atoms with E-state index in [4.69, 9.17) is 27.9 Å².